The fourth-order valence-corrected chi connectivity index (χ4v) is 2.57. The molecule has 1 aliphatic heterocycles. The maximum Gasteiger partial charge on any atom is 0.326 e. The van der Waals surface area contributed by atoms with E-state index < -0.39 is 23.5 Å². The summed E-state index contributed by atoms with van der Waals surface area (Å²) in [4.78, 5) is 25.5. The molecule has 1 aliphatic rings. The molecule has 0 radical (unpaired) electrons. The summed E-state index contributed by atoms with van der Waals surface area (Å²) in [6.45, 7) is 11.4. The van der Waals surface area contributed by atoms with Crippen LogP contribution in [-0.2, 0) is 4.79 Å². The fraction of sp³-hybridized carbons (Fsp3) is 0.867. The van der Waals surface area contributed by atoms with E-state index in [-0.39, 0.29) is 0 Å². The zero-order valence-corrected chi connectivity index (χ0v) is 13.6. The topological polar surface area (TPSA) is 81.7 Å². The molecule has 21 heavy (non-hydrogen) atoms. The van der Waals surface area contributed by atoms with Gasteiger partial charge in [0.15, 0.2) is 0 Å². The van der Waals surface area contributed by atoms with E-state index in [1.807, 2.05) is 0 Å². The van der Waals surface area contributed by atoms with Crippen LogP contribution < -0.4 is 10.6 Å². The number of likely N-dealkylation sites (tertiary alicyclic amines) is 1. The maximum atomic E-state index is 11.9. The molecule has 6 heteroatoms. The van der Waals surface area contributed by atoms with Gasteiger partial charge in [0, 0.05) is 6.54 Å². The highest BCUT2D eigenvalue weighted by Crippen LogP contribution is 2.19. The van der Waals surface area contributed by atoms with Gasteiger partial charge in [-0.15, -0.1) is 0 Å². The Labute approximate surface area is 127 Å². The highest BCUT2D eigenvalue weighted by Gasteiger charge is 2.32. The molecule has 0 aromatic heterocycles. The number of hydrogen-bond acceptors (Lipinski definition) is 3. The minimum atomic E-state index is -1.01. The summed E-state index contributed by atoms with van der Waals surface area (Å²) in [5.41, 5.74) is -0.518. The molecule has 2 amide bonds. The molecular formula is C15H29N3O3. The van der Waals surface area contributed by atoms with Crippen LogP contribution in [-0.4, -0.2) is 54.2 Å². The molecule has 1 fully saturated rings. The Bertz CT molecular complexity index is 358. The summed E-state index contributed by atoms with van der Waals surface area (Å²) in [5.74, 6) is -0.523. The van der Waals surface area contributed by atoms with Gasteiger partial charge in [-0.2, -0.15) is 0 Å². The van der Waals surface area contributed by atoms with Crippen molar-refractivity contribution < 1.29 is 14.7 Å². The molecule has 1 saturated heterocycles. The molecule has 1 rings (SSSR count). The minimum Gasteiger partial charge on any atom is -0.480 e. The number of nitrogens with one attached hydrogen (secondary N) is 2. The second-order valence-corrected chi connectivity index (χ2v) is 6.87. The standard InChI is InChI=1S/C15H29N3O3/c1-5-18-8-6-11(7-9-18)10-16-14(21)17-12(13(19)20)15(2,3)4/h11-12H,5-10H2,1-4H3,(H,19,20)(H2,16,17,21)/t12-/m0/s1. The summed E-state index contributed by atoms with van der Waals surface area (Å²) >= 11 is 0. The van der Waals surface area contributed by atoms with Gasteiger partial charge in [-0.05, 0) is 43.8 Å². The average molecular weight is 299 g/mol. The van der Waals surface area contributed by atoms with Crippen LogP contribution in [0.4, 0.5) is 4.79 Å². The van der Waals surface area contributed by atoms with Crippen LogP contribution in [0.1, 0.15) is 40.5 Å². The Hall–Kier alpha value is -1.30. The van der Waals surface area contributed by atoms with Crippen LogP contribution in [0.3, 0.4) is 0 Å². The summed E-state index contributed by atoms with van der Waals surface area (Å²) in [7, 11) is 0. The van der Waals surface area contributed by atoms with Crippen molar-refractivity contribution in [3.05, 3.63) is 0 Å². The normalized spacial score (nSPS) is 19.0. The van der Waals surface area contributed by atoms with Crippen LogP contribution in [0.5, 0.6) is 0 Å². The molecule has 1 heterocycles. The van der Waals surface area contributed by atoms with Gasteiger partial charge in [-0.3, -0.25) is 0 Å². The molecule has 6 nitrogen and oxygen atoms in total. The number of urea groups is 1. The smallest absolute Gasteiger partial charge is 0.326 e. The van der Waals surface area contributed by atoms with Gasteiger partial charge in [0.05, 0.1) is 0 Å². The molecule has 1 atom stereocenters. The molecule has 3 N–H and O–H groups in total. The number of carbonyl (C=O) groups excluding carboxylic acids is 1. The lowest BCUT2D eigenvalue weighted by Crippen LogP contribution is -2.53. The largest absolute Gasteiger partial charge is 0.480 e. The highest BCUT2D eigenvalue weighted by molar-refractivity contribution is 5.83. The van der Waals surface area contributed by atoms with Crippen molar-refractivity contribution >= 4 is 12.0 Å². The van der Waals surface area contributed by atoms with E-state index in [1.165, 1.54) is 0 Å². The van der Waals surface area contributed by atoms with Gasteiger partial charge >= 0.3 is 12.0 Å². The second-order valence-electron chi connectivity index (χ2n) is 6.87. The van der Waals surface area contributed by atoms with Crippen LogP contribution in [0.15, 0.2) is 0 Å². The second kappa shape index (κ2) is 7.64. The molecule has 0 spiro atoms. The van der Waals surface area contributed by atoms with Crippen molar-refractivity contribution in [2.24, 2.45) is 11.3 Å². The SMILES string of the molecule is CCN1CCC(CNC(=O)N[C@@H](C(=O)O)C(C)(C)C)CC1. The predicted molar refractivity (Wildman–Crippen MR) is 82.3 cm³/mol. The van der Waals surface area contributed by atoms with Crippen LogP contribution in [0, 0.1) is 11.3 Å². The van der Waals surface area contributed by atoms with Gasteiger partial charge in [-0.1, -0.05) is 27.7 Å². The molecule has 0 unspecified atom stereocenters. The summed E-state index contributed by atoms with van der Waals surface area (Å²) in [6, 6.07) is -1.28. The van der Waals surface area contributed by atoms with Crippen molar-refractivity contribution in [3.8, 4) is 0 Å². The van der Waals surface area contributed by atoms with E-state index >= 15 is 0 Å². The Morgan fingerprint density at radius 2 is 1.86 bits per heavy atom. The van der Waals surface area contributed by atoms with E-state index in [9.17, 15) is 14.7 Å². The number of hydrogen-bond donors (Lipinski definition) is 3. The maximum absolute atomic E-state index is 11.9. The van der Waals surface area contributed by atoms with Gasteiger partial charge in [0.25, 0.3) is 0 Å². The number of nitrogens with zero attached hydrogens (tertiary/aromatic N) is 1. The molecular weight excluding hydrogens is 270 g/mol. The van der Waals surface area contributed by atoms with Gasteiger partial charge in [0.1, 0.15) is 6.04 Å². The lowest BCUT2D eigenvalue weighted by molar-refractivity contribution is -0.141. The molecule has 0 aromatic carbocycles. The lowest BCUT2D eigenvalue weighted by atomic mass is 9.87. The van der Waals surface area contributed by atoms with Crippen molar-refractivity contribution in [2.45, 2.75) is 46.6 Å². The van der Waals surface area contributed by atoms with E-state index in [0.717, 1.165) is 32.5 Å². The summed E-state index contributed by atoms with van der Waals surface area (Å²) < 4.78 is 0. The monoisotopic (exact) mass is 299 g/mol. The summed E-state index contributed by atoms with van der Waals surface area (Å²) in [5, 5.41) is 14.5. The number of carbonyl (C=O) groups is 2. The number of rotatable bonds is 5. The van der Waals surface area contributed by atoms with E-state index in [1.54, 1.807) is 20.8 Å². The first-order valence-electron chi connectivity index (χ1n) is 7.73. The van der Waals surface area contributed by atoms with Crippen molar-refractivity contribution in [1.82, 2.24) is 15.5 Å². The number of piperidine rings is 1. The molecule has 0 aliphatic carbocycles. The van der Waals surface area contributed by atoms with Crippen LogP contribution in [0.25, 0.3) is 0 Å². The number of amides is 2. The summed E-state index contributed by atoms with van der Waals surface area (Å²) in [6.07, 6.45) is 2.16. The first-order chi connectivity index (χ1) is 9.74. The predicted octanol–water partition coefficient (Wildman–Crippen LogP) is 1.52. The van der Waals surface area contributed by atoms with E-state index in [2.05, 4.69) is 22.5 Å². The Morgan fingerprint density at radius 1 is 1.29 bits per heavy atom. The number of aliphatic carboxylic acids is 1. The molecule has 0 aromatic rings. The molecule has 0 saturated carbocycles. The number of carboxylic acids is 1. The van der Waals surface area contributed by atoms with Crippen LogP contribution in [0.2, 0.25) is 0 Å². The van der Waals surface area contributed by atoms with Crippen LogP contribution >= 0.6 is 0 Å². The lowest BCUT2D eigenvalue weighted by Gasteiger charge is -2.31. The van der Waals surface area contributed by atoms with Crippen molar-refractivity contribution in [3.63, 3.8) is 0 Å². The van der Waals surface area contributed by atoms with Gasteiger partial charge in [0.2, 0.25) is 0 Å². The number of carboxylic acid groups (broad SMARTS) is 1. The highest BCUT2D eigenvalue weighted by atomic mass is 16.4. The fourth-order valence-electron chi connectivity index (χ4n) is 2.57. The third-order valence-electron chi connectivity index (χ3n) is 4.09. The first-order valence-corrected chi connectivity index (χ1v) is 7.73. The van der Waals surface area contributed by atoms with E-state index in [4.69, 9.17) is 0 Å². The zero-order chi connectivity index (χ0) is 16.0. The first kappa shape index (κ1) is 17.8. The molecule has 0 bridgehead atoms. The Kier molecular flexibility index (Phi) is 6.45. The Balaban J connectivity index is 2.35. The van der Waals surface area contributed by atoms with Crippen molar-refractivity contribution in [2.75, 3.05) is 26.2 Å². The Morgan fingerprint density at radius 3 is 2.29 bits per heavy atom. The van der Waals surface area contributed by atoms with Crippen molar-refractivity contribution in [1.29, 1.82) is 0 Å². The minimum absolute atomic E-state index is 0.393. The third-order valence-corrected chi connectivity index (χ3v) is 4.09. The van der Waals surface area contributed by atoms with Gasteiger partial charge in [-0.25, -0.2) is 9.59 Å². The van der Waals surface area contributed by atoms with E-state index in [0.29, 0.717) is 12.5 Å². The van der Waals surface area contributed by atoms with Gasteiger partial charge < -0.3 is 20.6 Å². The quantitative estimate of drug-likeness (QED) is 0.719. The third kappa shape index (κ3) is 5.91. The average Bonchev–Trinajstić information content (AvgIpc) is 2.41. The molecule has 122 valence electrons. The zero-order valence-electron chi connectivity index (χ0n) is 13.6.